The van der Waals surface area contributed by atoms with E-state index in [-0.39, 0.29) is 5.95 Å². The van der Waals surface area contributed by atoms with Gasteiger partial charge in [0.05, 0.1) is 6.20 Å². The van der Waals surface area contributed by atoms with Crippen molar-refractivity contribution in [2.24, 2.45) is 0 Å². The number of nitrogens with two attached hydrogens (primary N) is 1. The highest BCUT2D eigenvalue weighted by Crippen LogP contribution is 2.29. The minimum absolute atomic E-state index is 0.281. The van der Waals surface area contributed by atoms with Gasteiger partial charge in [-0.25, -0.2) is 4.98 Å². The van der Waals surface area contributed by atoms with Gasteiger partial charge in [0.1, 0.15) is 5.02 Å². The lowest BCUT2D eigenvalue weighted by atomic mass is 10.2. The van der Waals surface area contributed by atoms with E-state index in [1.54, 1.807) is 6.20 Å². The Hall–Kier alpha value is -1.03. The van der Waals surface area contributed by atoms with Crippen molar-refractivity contribution in [2.75, 3.05) is 17.2 Å². The summed E-state index contributed by atoms with van der Waals surface area (Å²) >= 11 is 6.02. The van der Waals surface area contributed by atoms with E-state index in [1.165, 1.54) is 12.8 Å². The first-order valence-electron chi connectivity index (χ1n) is 4.73. The summed E-state index contributed by atoms with van der Waals surface area (Å²) in [4.78, 5) is 10.2. The fraction of sp³-hybridized carbons (Fsp3) is 0.556. The zero-order chi connectivity index (χ0) is 10.1. The summed E-state index contributed by atoms with van der Waals surface area (Å²) in [5, 5.41) is 0.577. The molecule has 0 amide bonds. The molecule has 0 aliphatic carbocycles. The number of aromatic nitrogens is 2. The highest BCUT2D eigenvalue weighted by molar-refractivity contribution is 6.32. The van der Waals surface area contributed by atoms with Crippen molar-refractivity contribution in [3.05, 3.63) is 11.2 Å². The molecule has 1 saturated heterocycles. The SMILES string of the molecule is CC1CCCN1c1nc(N)ncc1Cl. The number of anilines is 2. The predicted octanol–water partition coefficient (Wildman–Crippen LogP) is 1.70. The van der Waals surface area contributed by atoms with Crippen molar-refractivity contribution in [3.8, 4) is 0 Å². The summed E-state index contributed by atoms with van der Waals surface area (Å²) in [5.41, 5.74) is 5.53. The molecule has 0 bridgehead atoms. The smallest absolute Gasteiger partial charge is 0.222 e. The summed E-state index contributed by atoms with van der Waals surface area (Å²) in [5.74, 6) is 1.05. The molecule has 2 N–H and O–H groups in total. The summed E-state index contributed by atoms with van der Waals surface area (Å²) < 4.78 is 0. The maximum absolute atomic E-state index is 6.02. The molecule has 0 saturated carbocycles. The molecular formula is C9H13ClN4. The van der Waals surface area contributed by atoms with E-state index < -0.39 is 0 Å². The highest BCUT2D eigenvalue weighted by Gasteiger charge is 2.23. The first-order chi connectivity index (χ1) is 6.68. The van der Waals surface area contributed by atoms with Gasteiger partial charge >= 0.3 is 0 Å². The number of nitrogen functional groups attached to an aromatic ring is 1. The van der Waals surface area contributed by atoms with Crippen molar-refractivity contribution < 1.29 is 0 Å². The molecule has 14 heavy (non-hydrogen) atoms. The van der Waals surface area contributed by atoms with Gasteiger partial charge in [0.25, 0.3) is 0 Å². The largest absolute Gasteiger partial charge is 0.368 e. The molecule has 5 heteroatoms. The molecule has 1 atom stereocenters. The van der Waals surface area contributed by atoms with Gasteiger partial charge in [-0.3, -0.25) is 0 Å². The Morgan fingerprint density at radius 2 is 2.43 bits per heavy atom. The number of nitrogens with zero attached hydrogens (tertiary/aromatic N) is 3. The lowest BCUT2D eigenvalue weighted by Gasteiger charge is -2.23. The van der Waals surface area contributed by atoms with Crippen LogP contribution in [0.4, 0.5) is 11.8 Å². The first-order valence-corrected chi connectivity index (χ1v) is 5.11. The Bertz CT molecular complexity index is 342. The van der Waals surface area contributed by atoms with Gasteiger partial charge in [0, 0.05) is 12.6 Å². The van der Waals surface area contributed by atoms with Crippen LogP contribution in [0.5, 0.6) is 0 Å². The van der Waals surface area contributed by atoms with Crippen LogP contribution in [0.3, 0.4) is 0 Å². The average Bonchev–Trinajstić information content (AvgIpc) is 2.56. The molecule has 2 heterocycles. The summed E-state index contributed by atoms with van der Waals surface area (Å²) in [6, 6.07) is 0.488. The van der Waals surface area contributed by atoms with Crippen LogP contribution in [-0.4, -0.2) is 22.6 Å². The second-order valence-corrected chi connectivity index (χ2v) is 3.99. The topological polar surface area (TPSA) is 55.0 Å². The second-order valence-electron chi connectivity index (χ2n) is 3.58. The molecule has 1 aliphatic rings. The first kappa shape index (κ1) is 9.52. The van der Waals surface area contributed by atoms with E-state index in [2.05, 4.69) is 21.8 Å². The average molecular weight is 213 g/mol. The predicted molar refractivity (Wildman–Crippen MR) is 57.5 cm³/mol. The van der Waals surface area contributed by atoms with Crippen LogP contribution in [0.15, 0.2) is 6.20 Å². The van der Waals surface area contributed by atoms with Crippen LogP contribution in [-0.2, 0) is 0 Å². The Labute approximate surface area is 88.1 Å². The number of halogens is 1. The van der Waals surface area contributed by atoms with Crippen LogP contribution in [0.25, 0.3) is 0 Å². The Kier molecular flexibility index (Phi) is 2.46. The van der Waals surface area contributed by atoms with Gasteiger partial charge in [0.15, 0.2) is 5.82 Å². The molecule has 0 radical (unpaired) electrons. The Morgan fingerprint density at radius 3 is 3.07 bits per heavy atom. The van der Waals surface area contributed by atoms with Gasteiger partial charge in [-0.2, -0.15) is 4.98 Å². The van der Waals surface area contributed by atoms with Crippen LogP contribution >= 0.6 is 11.6 Å². The monoisotopic (exact) mass is 212 g/mol. The van der Waals surface area contributed by atoms with Gasteiger partial charge < -0.3 is 10.6 Å². The molecule has 1 aliphatic heterocycles. The highest BCUT2D eigenvalue weighted by atomic mass is 35.5. The van der Waals surface area contributed by atoms with E-state index in [1.807, 2.05) is 0 Å². The lowest BCUT2D eigenvalue weighted by Crippen LogP contribution is -2.27. The van der Waals surface area contributed by atoms with Crippen LogP contribution in [0, 0.1) is 0 Å². The van der Waals surface area contributed by atoms with Crippen LogP contribution in [0.2, 0.25) is 5.02 Å². The van der Waals surface area contributed by atoms with Gasteiger partial charge in [0.2, 0.25) is 5.95 Å². The summed E-state index contributed by atoms with van der Waals surface area (Å²) in [6.07, 6.45) is 3.92. The maximum atomic E-state index is 6.02. The molecule has 76 valence electrons. The molecule has 4 nitrogen and oxygen atoms in total. The number of rotatable bonds is 1. The molecule has 1 aromatic heterocycles. The van der Waals surface area contributed by atoms with E-state index in [4.69, 9.17) is 17.3 Å². The van der Waals surface area contributed by atoms with E-state index in [0.717, 1.165) is 12.4 Å². The molecular weight excluding hydrogens is 200 g/mol. The van der Waals surface area contributed by atoms with Crippen LogP contribution < -0.4 is 10.6 Å². The molecule has 0 spiro atoms. The van der Waals surface area contributed by atoms with Crippen molar-refractivity contribution in [3.63, 3.8) is 0 Å². The molecule has 1 fully saturated rings. The third-order valence-electron chi connectivity index (χ3n) is 2.57. The lowest BCUT2D eigenvalue weighted by molar-refractivity contribution is 0.727. The molecule has 0 aromatic carbocycles. The maximum Gasteiger partial charge on any atom is 0.222 e. The third kappa shape index (κ3) is 1.62. The van der Waals surface area contributed by atoms with Crippen LogP contribution in [0.1, 0.15) is 19.8 Å². The standard InChI is InChI=1S/C9H13ClN4/c1-6-3-2-4-14(6)8-7(10)5-12-9(11)13-8/h5-6H,2-4H2,1H3,(H2,11,12,13). The number of hydrogen-bond acceptors (Lipinski definition) is 4. The zero-order valence-electron chi connectivity index (χ0n) is 8.07. The normalized spacial score (nSPS) is 21.6. The van der Waals surface area contributed by atoms with Gasteiger partial charge in [-0.05, 0) is 19.8 Å². The van der Waals surface area contributed by atoms with Crippen molar-refractivity contribution in [1.29, 1.82) is 0 Å². The molecule has 2 rings (SSSR count). The quantitative estimate of drug-likeness (QED) is 0.770. The fourth-order valence-corrected chi connectivity index (χ4v) is 2.02. The van der Waals surface area contributed by atoms with Crippen molar-refractivity contribution >= 4 is 23.4 Å². The minimum atomic E-state index is 0.281. The zero-order valence-corrected chi connectivity index (χ0v) is 8.83. The minimum Gasteiger partial charge on any atom is -0.368 e. The van der Waals surface area contributed by atoms with E-state index in [0.29, 0.717) is 11.1 Å². The fourth-order valence-electron chi connectivity index (χ4n) is 1.82. The van der Waals surface area contributed by atoms with Crippen molar-refractivity contribution in [1.82, 2.24) is 9.97 Å². The van der Waals surface area contributed by atoms with Crippen molar-refractivity contribution in [2.45, 2.75) is 25.8 Å². The van der Waals surface area contributed by atoms with E-state index >= 15 is 0 Å². The molecule has 1 unspecified atom stereocenters. The van der Waals surface area contributed by atoms with Gasteiger partial charge in [-0.1, -0.05) is 11.6 Å². The Morgan fingerprint density at radius 1 is 1.64 bits per heavy atom. The summed E-state index contributed by atoms with van der Waals surface area (Å²) in [7, 11) is 0. The molecule has 1 aromatic rings. The summed E-state index contributed by atoms with van der Waals surface area (Å²) in [6.45, 7) is 3.17. The van der Waals surface area contributed by atoms with Gasteiger partial charge in [-0.15, -0.1) is 0 Å². The Balaban J connectivity index is 2.34. The second kappa shape index (κ2) is 3.61. The third-order valence-corrected chi connectivity index (χ3v) is 2.84. The van der Waals surface area contributed by atoms with E-state index in [9.17, 15) is 0 Å². The number of hydrogen-bond donors (Lipinski definition) is 1.